The summed E-state index contributed by atoms with van der Waals surface area (Å²) in [6, 6.07) is 3.23. The summed E-state index contributed by atoms with van der Waals surface area (Å²) in [7, 11) is 0. The van der Waals surface area contributed by atoms with Crippen LogP contribution in [0.2, 0.25) is 0 Å². The Morgan fingerprint density at radius 1 is 1.53 bits per heavy atom. The number of aromatic carboxylic acids is 1. The summed E-state index contributed by atoms with van der Waals surface area (Å²) in [5.41, 5.74) is 6.66. The van der Waals surface area contributed by atoms with Crippen LogP contribution in [0.4, 0.5) is 5.69 Å². The first kappa shape index (κ1) is 13.8. The van der Waals surface area contributed by atoms with Crippen LogP contribution in [-0.2, 0) is 0 Å². The molecule has 0 radical (unpaired) electrons. The number of carbonyl (C=O) groups is 1. The number of carboxylic acids is 1. The number of aliphatic hydroxyl groups is 2. The summed E-state index contributed by atoms with van der Waals surface area (Å²) < 4.78 is 0. The zero-order valence-electron chi connectivity index (χ0n) is 9.38. The van der Waals surface area contributed by atoms with Crippen molar-refractivity contribution in [2.75, 3.05) is 18.1 Å². The van der Waals surface area contributed by atoms with Gasteiger partial charge in [-0.15, -0.1) is 11.8 Å². The lowest BCUT2D eigenvalue weighted by Crippen LogP contribution is -2.14. The molecule has 1 unspecified atom stereocenters. The van der Waals surface area contributed by atoms with Crippen LogP contribution in [0.5, 0.6) is 0 Å². The maximum Gasteiger partial charge on any atom is 0.337 e. The van der Waals surface area contributed by atoms with E-state index < -0.39 is 12.1 Å². The predicted octanol–water partition coefficient (Wildman–Crippen LogP) is 0.721. The molecule has 0 aliphatic carbocycles. The Morgan fingerprint density at radius 2 is 2.18 bits per heavy atom. The van der Waals surface area contributed by atoms with Crippen molar-refractivity contribution in [3.05, 3.63) is 23.3 Å². The molecule has 1 atom stereocenters. The van der Waals surface area contributed by atoms with Crippen molar-refractivity contribution in [2.24, 2.45) is 0 Å². The van der Waals surface area contributed by atoms with Gasteiger partial charge < -0.3 is 21.1 Å². The molecule has 0 saturated heterocycles. The molecule has 0 spiro atoms. The van der Waals surface area contributed by atoms with Crippen LogP contribution in [0.1, 0.15) is 15.9 Å². The van der Waals surface area contributed by atoms with Crippen LogP contribution in [0.15, 0.2) is 17.0 Å². The second kappa shape index (κ2) is 5.90. The second-order valence-electron chi connectivity index (χ2n) is 3.65. The van der Waals surface area contributed by atoms with E-state index in [0.29, 0.717) is 16.2 Å². The van der Waals surface area contributed by atoms with E-state index in [9.17, 15) is 9.90 Å². The molecule has 5 N–H and O–H groups in total. The number of aryl methyl sites for hydroxylation is 1. The first-order valence-corrected chi connectivity index (χ1v) is 5.99. The first-order valence-electron chi connectivity index (χ1n) is 5.00. The predicted molar refractivity (Wildman–Crippen MR) is 66.4 cm³/mol. The largest absolute Gasteiger partial charge is 0.478 e. The molecule has 0 heterocycles. The number of hydrogen-bond donors (Lipinski definition) is 4. The quantitative estimate of drug-likeness (QED) is 0.458. The van der Waals surface area contributed by atoms with Crippen molar-refractivity contribution in [3.8, 4) is 0 Å². The van der Waals surface area contributed by atoms with Crippen LogP contribution < -0.4 is 5.73 Å². The minimum absolute atomic E-state index is 0.0611. The van der Waals surface area contributed by atoms with Gasteiger partial charge in [-0.05, 0) is 24.6 Å². The van der Waals surface area contributed by atoms with E-state index in [1.165, 1.54) is 17.8 Å². The van der Waals surface area contributed by atoms with Gasteiger partial charge in [0.2, 0.25) is 0 Å². The fraction of sp³-hybridized carbons (Fsp3) is 0.364. The normalized spacial score (nSPS) is 12.4. The second-order valence-corrected chi connectivity index (χ2v) is 4.75. The highest BCUT2D eigenvalue weighted by Crippen LogP contribution is 2.26. The van der Waals surface area contributed by atoms with Crippen molar-refractivity contribution in [3.63, 3.8) is 0 Å². The minimum atomic E-state index is -1.07. The van der Waals surface area contributed by atoms with Crippen LogP contribution in [0, 0.1) is 6.92 Å². The van der Waals surface area contributed by atoms with E-state index >= 15 is 0 Å². The third kappa shape index (κ3) is 3.62. The SMILES string of the molecule is Cc1cc(SCC(O)CO)cc(C(=O)O)c1N. The van der Waals surface area contributed by atoms with Crippen molar-refractivity contribution in [1.29, 1.82) is 0 Å². The number of nitrogens with two attached hydrogens (primary N) is 1. The van der Waals surface area contributed by atoms with Crippen molar-refractivity contribution < 1.29 is 20.1 Å². The van der Waals surface area contributed by atoms with Crippen LogP contribution >= 0.6 is 11.8 Å². The Labute approximate surface area is 103 Å². The van der Waals surface area contributed by atoms with Gasteiger partial charge >= 0.3 is 5.97 Å². The molecule has 1 aromatic carbocycles. The van der Waals surface area contributed by atoms with E-state index in [0.717, 1.165) is 0 Å². The zero-order valence-corrected chi connectivity index (χ0v) is 10.2. The highest BCUT2D eigenvalue weighted by molar-refractivity contribution is 7.99. The number of aliphatic hydroxyl groups excluding tert-OH is 2. The van der Waals surface area contributed by atoms with Gasteiger partial charge in [-0.2, -0.15) is 0 Å². The topological polar surface area (TPSA) is 104 Å². The van der Waals surface area contributed by atoms with Crippen molar-refractivity contribution in [1.82, 2.24) is 0 Å². The molecule has 0 bridgehead atoms. The number of nitrogen functional groups attached to an aromatic ring is 1. The molecule has 0 fully saturated rings. The van der Waals surface area contributed by atoms with Gasteiger partial charge in [0.25, 0.3) is 0 Å². The zero-order chi connectivity index (χ0) is 13.0. The number of hydrogen-bond acceptors (Lipinski definition) is 5. The third-order valence-electron chi connectivity index (χ3n) is 2.24. The number of anilines is 1. The lowest BCUT2D eigenvalue weighted by Gasteiger charge is -2.10. The molecule has 1 rings (SSSR count). The fourth-order valence-corrected chi connectivity index (χ4v) is 2.22. The number of benzene rings is 1. The molecule has 1 aromatic rings. The molecule has 0 amide bonds. The molecule has 6 heteroatoms. The van der Waals surface area contributed by atoms with Gasteiger partial charge in [-0.1, -0.05) is 0 Å². The first-order chi connectivity index (χ1) is 7.95. The van der Waals surface area contributed by atoms with E-state index in [4.69, 9.17) is 15.9 Å². The fourth-order valence-electron chi connectivity index (χ4n) is 1.27. The summed E-state index contributed by atoms with van der Waals surface area (Å²) in [5, 5.41) is 26.8. The van der Waals surface area contributed by atoms with Crippen LogP contribution in [0.3, 0.4) is 0 Å². The summed E-state index contributed by atoms with van der Waals surface area (Å²) >= 11 is 1.28. The lowest BCUT2D eigenvalue weighted by molar-refractivity contribution is 0.0697. The molecule has 0 aliphatic rings. The molecular formula is C11H15NO4S. The van der Waals surface area contributed by atoms with Gasteiger partial charge in [0.15, 0.2) is 0 Å². The number of thioether (sulfide) groups is 1. The number of carboxylic acid groups (broad SMARTS) is 1. The average Bonchev–Trinajstić information content (AvgIpc) is 2.29. The molecule has 17 heavy (non-hydrogen) atoms. The minimum Gasteiger partial charge on any atom is -0.478 e. The van der Waals surface area contributed by atoms with Gasteiger partial charge in [0, 0.05) is 16.3 Å². The molecule has 0 saturated carbocycles. The standard InChI is InChI=1S/C11H15NO4S/c1-6-2-8(17-5-7(14)4-13)3-9(10(6)12)11(15)16/h2-3,7,13-14H,4-5,12H2,1H3,(H,15,16). The summed E-state index contributed by atoms with van der Waals surface area (Å²) in [5.74, 6) is -0.769. The van der Waals surface area contributed by atoms with Crippen LogP contribution in [0.25, 0.3) is 0 Å². The number of rotatable bonds is 5. The Morgan fingerprint density at radius 3 is 2.71 bits per heavy atom. The molecule has 94 valence electrons. The Balaban J connectivity index is 2.91. The summed E-state index contributed by atoms with van der Waals surface area (Å²) in [6.45, 7) is 1.42. The maximum atomic E-state index is 10.9. The lowest BCUT2D eigenvalue weighted by atomic mass is 10.1. The van der Waals surface area contributed by atoms with Crippen molar-refractivity contribution >= 4 is 23.4 Å². The smallest absolute Gasteiger partial charge is 0.337 e. The average molecular weight is 257 g/mol. The van der Waals surface area contributed by atoms with Gasteiger partial charge in [-0.25, -0.2) is 4.79 Å². The molecular weight excluding hydrogens is 242 g/mol. The van der Waals surface area contributed by atoms with Crippen molar-refractivity contribution in [2.45, 2.75) is 17.9 Å². The third-order valence-corrected chi connectivity index (χ3v) is 3.36. The highest BCUT2D eigenvalue weighted by atomic mass is 32.2. The Bertz CT molecular complexity index is 422. The molecule has 0 aromatic heterocycles. The Kier molecular flexibility index (Phi) is 4.80. The molecule has 0 aliphatic heterocycles. The van der Waals surface area contributed by atoms with E-state index in [1.54, 1.807) is 13.0 Å². The van der Waals surface area contributed by atoms with Gasteiger partial charge in [0.1, 0.15) is 0 Å². The maximum absolute atomic E-state index is 10.9. The molecule has 5 nitrogen and oxygen atoms in total. The Hall–Kier alpha value is -1.24. The summed E-state index contributed by atoms with van der Waals surface area (Å²) in [6.07, 6.45) is -0.814. The van der Waals surface area contributed by atoms with E-state index in [1.807, 2.05) is 0 Å². The van der Waals surface area contributed by atoms with Gasteiger partial charge in [0.05, 0.1) is 18.3 Å². The summed E-state index contributed by atoms with van der Waals surface area (Å²) in [4.78, 5) is 11.7. The monoisotopic (exact) mass is 257 g/mol. The van der Waals surface area contributed by atoms with E-state index in [-0.39, 0.29) is 17.9 Å². The highest BCUT2D eigenvalue weighted by Gasteiger charge is 2.12. The van der Waals surface area contributed by atoms with Crippen LogP contribution in [-0.4, -0.2) is 39.8 Å². The van der Waals surface area contributed by atoms with E-state index in [2.05, 4.69) is 0 Å². The van der Waals surface area contributed by atoms with Gasteiger partial charge in [-0.3, -0.25) is 0 Å².